The van der Waals surface area contributed by atoms with Gasteiger partial charge in [-0.25, -0.2) is 0 Å². The lowest BCUT2D eigenvalue weighted by Gasteiger charge is -2.21. The van der Waals surface area contributed by atoms with E-state index in [-0.39, 0.29) is 19.1 Å². The van der Waals surface area contributed by atoms with Crippen LogP contribution in [-0.2, 0) is 11.3 Å². The van der Waals surface area contributed by atoms with Gasteiger partial charge in [0.25, 0.3) is 0 Å². The van der Waals surface area contributed by atoms with Crippen LogP contribution in [-0.4, -0.2) is 45.4 Å². The Morgan fingerprint density at radius 1 is 1.42 bits per heavy atom. The predicted molar refractivity (Wildman–Crippen MR) is 74.4 cm³/mol. The summed E-state index contributed by atoms with van der Waals surface area (Å²) >= 11 is 0. The van der Waals surface area contributed by atoms with Gasteiger partial charge in [-0.2, -0.15) is 5.10 Å². The van der Waals surface area contributed by atoms with Crippen LogP contribution in [0.3, 0.4) is 0 Å². The summed E-state index contributed by atoms with van der Waals surface area (Å²) in [6.07, 6.45) is 7.58. The smallest absolute Gasteiger partial charge is 0.244 e. The van der Waals surface area contributed by atoms with Crippen molar-refractivity contribution in [3.8, 4) is 0 Å². The Bertz CT molecular complexity index is 378. The van der Waals surface area contributed by atoms with Crippen LogP contribution in [0.5, 0.6) is 0 Å². The molecule has 6 heteroatoms. The molecular formula is C13H24N4O2. The summed E-state index contributed by atoms with van der Waals surface area (Å²) in [6.45, 7) is 3.38. The fraction of sp³-hybridized carbons (Fsp3) is 0.692. The lowest BCUT2D eigenvalue weighted by molar-refractivity contribution is -0.132. The molecular weight excluding hydrogens is 244 g/mol. The first kappa shape index (κ1) is 15.5. The summed E-state index contributed by atoms with van der Waals surface area (Å²) in [6, 6.07) is 0. The third-order valence-corrected chi connectivity index (χ3v) is 2.95. The molecule has 0 saturated heterocycles. The number of nitrogen functional groups attached to an aromatic ring is 1. The van der Waals surface area contributed by atoms with E-state index in [1.165, 1.54) is 23.7 Å². The van der Waals surface area contributed by atoms with Gasteiger partial charge in [-0.3, -0.25) is 9.48 Å². The first-order valence-electron chi connectivity index (χ1n) is 6.84. The summed E-state index contributed by atoms with van der Waals surface area (Å²) < 4.78 is 1.52. The number of unbranched alkanes of at least 4 members (excludes halogenated alkanes) is 3. The van der Waals surface area contributed by atoms with Gasteiger partial charge in [0.2, 0.25) is 5.91 Å². The minimum Gasteiger partial charge on any atom is -0.396 e. The number of carbonyl (C=O) groups is 1. The maximum absolute atomic E-state index is 12.1. The van der Waals surface area contributed by atoms with Crippen molar-refractivity contribution in [3.63, 3.8) is 0 Å². The van der Waals surface area contributed by atoms with E-state index in [1.807, 2.05) is 0 Å². The molecule has 0 aliphatic carbocycles. The van der Waals surface area contributed by atoms with E-state index < -0.39 is 0 Å². The second-order valence-corrected chi connectivity index (χ2v) is 4.64. The van der Waals surface area contributed by atoms with Crippen molar-refractivity contribution < 1.29 is 9.90 Å². The maximum Gasteiger partial charge on any atom is 0.244 e. The van der Waals surface area contributed by atoms with Gasteiger partial charge in [0.15, 0.2) is 0 Å². The molecule has 0 aliphatic heterocycles. The highest BCUT2D eigenvalue weighted by Crippen LogP contribution is 2.04. The Hall–Kier alpha value is -1.56. The number of amides is 1. The second kappa shape index (κ2) is 8.53. The van der Waals surface area contributed by atoms with Crippen molar-refractivity contribution in [1.82, 2.24) is 14.7 Å². The fourth-order valence-electron chi connectivity index (χ4n) is 1.92. The van der Waals surface area contributed by atoms with E-state index in [1.54, 1.807) is 11.1 Å². The van der Waals surface area contributed by atoms with E-state index in [4.69, 9.17) is 10.8 Å². The topological polar surface area (TPSA) is 84.4 Å². The lowest BCUT2D eigenvalue weighted by Crippen LogP contribution is -2.37. The average Bonchev–Trinajstić information content (AvgIpc) is 2.78. The van der Waals surface area contributed by atoms with Crippen molar-refractivity contribution in [2.75, 3.05) is 25.4 Å². The van der Waals surface area contributed by atoms with E-state index >= 15 is 0 Å². The van der Waals surface area contributed by atoms with Gasteiger partial charge >= 0.3 is 0 Å². The molecule has 1 aromatic rings. The molecule has 1 heterocycles. The molecule has 0 aromatic carbocycles. The first-order valence-corrected chi connectivity index (χ1v) is 6.84. The summed E-state index contributed by atoms with van der Waals surface area (Å²) in [5.74, 6) is -0.0337. The SMILES string of the molecule is CCCCCCN(CCO)C(=O)Cn1cc(N)cn1. The van der Waals surface area contributed by atoms with Crippen LogP contribution in [0, 0.1) is 0 Å². The highest BCUT2D eigenvalue weighted by molar-refractivity contribution is 5.76. The van der Waals surface area contributed by atoms with Gasteiger partial charge in [-0.1, -0.05) is 26.2 Å². The largest absolute Gasteiger partial charge is 0.396 e. The highest BCUT2D eigenvalue weighted by Gasteiger charge is 2.13. The minimum absolute atomic E-state index is 0.0131. The first-order chi connectivity index (χ1) is 9.17. The summed E-state index contributed by atoms with van der Waals surface area (Å²) in [5.41, 5.74) is 6.10. The Balaban J connectivity index is 2.42. The standard InChI is InChI=1S/C13H24N4O2/c1-2-3-4-5-6-16(7-8-18)13(19)11-17-10-12(14)9-15-17/h9-10,18H,2-8,11,14H2,1H3. The molecule has 108 valence electrons. The molecule has 19 heavy (non-hydrogen) atoms. The number of hydrogen-bond donors (Lipinski definition) is 2. The van der Waals surface area contributed by atoms with Crippen LogP contribution < -0.4 is 5.73 Å². The van der Waals surface area contributed by atoms with Gasteiger partial charge in [0, 0.05) is 19.3 Å². The van der Waals surface area contributed by atoms with E-state index in [2.05, 4.69) is 12.0 Å². The van der Waals surface area contributed by atoms with Gasteiger partial charge in [-0.15, -0.1) is 0 Å². The zero-order valence-electron chi connectivity index (χ0n) is 11.6. The molecule has 0 unspecified atom stereocenters. The number of carbonyl (C=O) groups excluding carboxylic acids is 1. The summed E-state index contributed by atoms with van der Waals surface area (Å²) in [5, 5.41) is 13.0. The lowest BCUT2D eigenvalue weighted by atomic mass is 10.2. The predicted octanol–water partition coefficient (Wildman–Crippen LogP) is 0.866. The van der Waals surface area contributed by atoms with Crippen molar-refractivity contribution in [2.24, 2.45) is 0 Å². The molecule has 0 atom stereocenters. The number of anilines is 1. The van der Waals surface area contributed by atoms with E-state index in [0.717, 1.165) is 12.8 Å². The third kappa shape index (κ3) is 5.74. The number of hydrogen-bond acceptors (Lipinski definition) is 4. The fourth-order valence-corrected chi connectivity index (χ4v) is 1.92. The number of aliphatic hydroxyl groups excluding tert-OH is 1. The van der Waals surface area contributed by atoms with Crippen LogP contribution in [0.2, 0.25) is 0 Å². The molecule has 0 saturated carbocycles. The molecule has 0 bridgehead atoms. The number of rotatable bonds is 9. The van der Waals surface area contributed by atoms with Crippen LogP contribution in [0.25, 0.3) is 0 Å². The van der Waals surface area contributed by atoms with Gasteiger partial charge < -0.3 is 15.7 Å². The quantitative estimate of drug-likeness (QED) is 0.651. The Labute approximate surface area is 114 Å². The summed E-state index contributed by atoms with van der Waals surface area (Å²) in [7, 11) is 0. The second-order valence-electron chi connectivity index (χ2n) is 4.64. The molecule has 0 radical (unpaired) electrons. The molecule has 0 spiro atoms. The zero-order valence-corrected chi connectivity index (χ0v) is 11.6. The van der Waals surface area contributed by atoms with Crippen molar-refractivity contribution in [3.05, 3.63) is 12.4 Å². The molecule has 0 fully saturated rings. The number of nitrogens with two attached hydrogens (primary N) is 1. The van der Waals surface area contributed by atoms with Gasteiger partial charge in [0.1, 0.15) is 6.54 Å². The molecule has 0 aliphatic rings. The third-order valence-electron chi connectivity index (χ3n) is 2.95. The number of aromatic nitrogens is 2. The average molecular weight is 268 g/mol. The van der Waals surface area contributed by atoms with Crippen molar-refractivity contribution in [1.29, 1.82) is 0 Å². The molecule has 3 N–H and O–H groups in total. The normalized spacial score (nSPS) is 10.6. The van der Waals surface area contributed by atoms with Crippen LogP contribution in [0.4, 0.5) is 5.69 Å². The highest BCUT2D eigenvalue weighted by atomic mass is 16.3. The van der Waals surface area contributed by atoms with Crippen molar-refractivity contribution in [2.45, 2.75) is 39.2 Å². The molecule has 1 aromatic heterocycles. The monoisotopic (exact) mass is 268 g/mol. The van der Waals surface area contributed by atoms with Gasteiger partial charge in [0.05, 0.1) is 18.5 Å². The Morgan fingerprint density at radius 3 is 2.79 bits per heavy atom. The van der Waals surface area contributed by atoms with Crippen LogP contribution in [0.15, 0.2) is 12.4 Å². The number of aliphatic hydroxyl groups is 1. The van der Waals surface area contributed by atoms with E-state index in [9.17, 15) is 4.79 Å². The molecule has 1 rings (SSSR count). The van der Waals surface area contributed by atoms with Crippen LogP contribution >= 0.6 is 0 Å². The number of nitrogens with zero attached hydrogens (tertiary/aromatic N) is 3. The Morgan fingerprint density at radius 2 is 2.21 bits per heavy atom. The zero-order chi connectivity index (χ0) is 14.1. The molecule has 6 nitrogen and oxygen atoms in total. The van der Waals surface area contributed by atoms with Crippen molar-refractivity contribution >= 4 is 11.6 Å². The van der Waals surface area contributed by atoms with E-state index in [0.29, 0.717) is 18.8 Å². The molecule has 1 amide bonds. The summed E-state index contributed by atoms with van der Waals surface area (Å²) in [4.78, 5) is 13.8. The Kier molecular flexibility index (Phi) is 6.95. The van der Waals surface area contributed by atoms with Crippen LogP contribution in [0.1, 0.15) is 32.6 Å². The maximum atomic E-state index is 12.1. The van der Waals surface area contributed by atoms with Gasteiger partial charge in [-0.05, 0) is 6.42 Å². The minimum atomic E-state index is -0.0337.